The second kappa shape index (κ2) is 55.8. The molecule has 1 aromatic heterocycles. The third kappa shape index (κ3) is 32.4. The number of fused-ring (bicyclic) bond motifs is 4. The largest absolute Gasteiger partial charge is 0.463 e. The van der Waals surface area contributed by atoms with Gasteiger partial charge in [0.25, 0.3) is 13.5 Å². The van der Waals surface area contributed by atoms with Gasteiger partial charge in [-0.2, -0.15) is 4.68 Å². The van der Waals surface area contributed by atoms with E-state index in [1.54, 1.807) is 12.1 Å². The zero-order chi connectivity index (χ0) is 92.9. The molecule has 134 heavy (non-hydrogen) atoms. The molecule has 4 bridgehead atoms. The monoisotopic (exact) mass is 1860 g/mol. The highest BCUT2D eigenvalue weighted by molar-refractivity contribution is 7.91. The van der Waals surface area contributed by atoms with Crippen molar-refractivity contribution in [1.29, 1.82) is 0 Å². The van der Waals surface area contributed by atoms with Gasteiger partial charge in [-0.15, -0.1) is 0 Å². The van der Waals surface area contributed by atoms with Crippen LogP contribution in [0.2, 0.25) is 5.04 Å². The molecular formula is C111H142N4O17SSi. The summed E-state index contributed by atoms with van der Waals surface area (Å²) in [5.74, 6) is -1.07. The number of hydrogen-bond acceptors (Lipinski definition) is 20. The molecule has 3 fully saturated rings. The van der Waals surface area contributed by atoms with Gasteiger partial charge in [0.05, 0.1) is 76.1 Å². The highest BCUT2D eigenvalue weighted by Gasteiger charge is 2.54. The number of carbonyl (C=O) groups excluding carboxylic acids is 2. The summed E-state index contributed by atoms with van der Waals surface area (Å²) in [6, 6.07) is 90.5. The Morgan fingerprint density at radius 2 is 0.627 bits per heavy atom. The molecule has 0 saturated carbocycles. The Morgan fingerprint density at radius 1 is 0.343 bits per heavy atom. The van der Waals surface area contributed by atoms with Gasteiger partial charge in [-0.25, -0.2) is 8.42 Å². The number of para-hydroxylation sites is 1. The first kappa shape index (κ1) is 102. The van der Waals surface area contributed by atoms with Gasteiger partial charge in [-0.05, 0) is 97.0 Å². The number of aromatic nitrogens is 4. The van der Waals surface area contributed by atoms with E-state index in [9.17, 15) is 8.42 Å². The first-order chi connectivity index (χ1) is 65.7. The van der Waals surface area contributed by atoms with Crippen molar-refractivity contribution >= 4 is 40.5 Å². The van der Waals surface area contributed by atoms with Crippen LogP contribution in [0.1, 0.15) is 234 Å². The lowest BCUT2D eigenvalue weighted by Gasteiger charge is -2.47. The molecule has 0 radical (unpaired) electrons. The summed E-state index contributed by atoms with van der Waals surface area (Å²) in [4.78, 5) is 30.8. The molecule has 4 heterocycles. The molecule has 0 N–H and O–H groups in total. The van der Waals surface area contributed by atoms with E-state index in [2.05, 4.69) is 97.0 Å². The number of hydrogen-bond donors (Lipinski definition) is 0. The number of tetrazole rings is 1. The zero-order valence-electron chi connectivity index (χ0n) is 78.9. The second-order valence-electron chi connectivity index (χ2n) is 37.0. The quantitative estimate of drug-likeness (QED) is 0.0196. The Kier molecular flexibility index (Phi) is 42.5. The van der Waals surface area contributed by atoms with Crippen LogP contribution in [0.4, 0.5) is 0 Å². The zero-order valence-corrected chi connectivity index (χ0v) is 80.7. The van der Waals surface area contributed by atoms with Crippen molar-refractivity contribution in [3.8, 4) is 5.69 Å². The Bertz CT molecular complexity index is 4870. The molecule has 0 amide bonds. The molecule has 2 unspecified atom stereocenters. The van der Waals surface area contributed by atoms with E-state index in [-0.39, 0.29) is 81.6 Å². The standard InChI is InChI=1S/C111H142N4O17SSi/c1-111(2,3)134(96-71-49-31-50-72-96,97-73-51-32-52-74-97)128-75-53-22-18-14-10-6-4-8-12-16-20-47-69-94-77-100(116)120-85-99-103(123-80-88-57-35-25-36-58-88)105(125-82-90-61-39-27-40-62-90)107(127-84-92-65-43-29-44-66-92)109(132-99)130-95(70-48-21-17-13-9-5-7-11-15-19-23-54-76-133(118,119)110-112-113-114-115(110)93-67-45-30-46-68-93)78-101(117)121-86-98-102(122-79-87-55-33-24-34-56-87)104(124-81-89-59-37-26-38-60-89)106(108(129-94)131-98)126-83-91-63-41-28-42-64-91/h24-46,49-52,55-68,71-74,94-95,98-99,102-109H,4-23,47-48,53-54,69-70,75-86H2,1-3H3/t94?,95?,98-,99-,102-,103-,104+,105+,106-,107-,108-,109-/m1/s1. The lowest BCUT2D eigenvalue weighted by molar-refractivity contribution is -0.338. The van der Waals surface area contributed by atoms with Gasteiger partial charge >= 0.3 is 11.9 Å². The lowest BCUT2D eigenvalue weighted by Crippen LogP contribution is -2.66. The molecule has 0 spiro atoms. The van der Waals surface area contributed by atoms with E-state index < -0.39 is 104 Å². The van der Waals surface area contributed by atoms with Crippen LogP contribution < -0.4 is 10.4 Å². The fraction of sp³-hybridized carbons (Fsp3) is 0.486. The summed E-state index contributed by atoms with van der Waals surface area (Å²) in [5.41, 5.74) is 6.08. The SMILES string of the molecule is CC(C)(C)[Si](OCCCCCCCCCCCCCCC1CC(=O)OC[C@H]2O[C@@H](OC(CCCCCCCCCCCCCCS(=O)(=O)c3nnnn3-c3ccccc3)CC(=O)OC[C@H]3O[C@@H](O1)[C@H](OCc1ccccc1)[C@@H](OCc1ccccc1)[C@@H]3OCc1ccccc1)[C@H](OCc1ccccc1)[C@@H](OCc1ccccc1)[C@@H]2OCc1ccccc1)(c1ccccc1)c1ccccc1. The van der Waals surface area contributed by atoms with Crippen molar-refractivity contribution in [2.24, 2.45) is 0 Å². The van der Waals surface area contributed by atoms with Crippen molar-refractivity contribution in [2.45, 2.75) is 324 Å². The van der Waals surface area contributed by atoms with Crippen LogP contribution in [0.25, 0.3) is 5.69 Å². The molecule has 0 aliphatic carbocycles. The molecule has 9 aromatic carbocycles. The van der Waals surface area contributed by atoms with E-state index >= 15 is 9.59 Å². The van der Waals surface area contributed by atoms with Crippen LogP contribution in [-0.2, 0) is 120 Å². The van der Waals surface area contributed by atoms with E-state index in [1.165, 1.54) is 47.2 Å². The van der Waals surface area contributed by atoms with E-state index in [1.807, 2.05) is 200 Å². The number of esters is 2. The maximum Gasteiger partial charge on any atom is 0.308 e. The minimum atomic E-state index is -3.68. The molecule has 3 saturated heterocycles. The predicted octanol–water partition coefficient (Wildman–Crippen LogP) is 21.8. The van der Waals surface area contributed by atoms with Crippen LogP contribution in [0.5, 0.6) is 0 Å². The third-order valence-corrected chi connectivity index (χ3v) is 32.4. The second-order valence-corrected chi connectivity index (χ2v) is 43.4. The first-order valence-corrected chi connectivity index (χ1v) is 53.0. The van der Waals surface area contributed by atoms with E-state index in [0.717, 1.165) is 149 Å². The van der Waals surface area contributed by atoms with Crippen molar-refractivity contribution < 1.29 is 79.3 Å². The van der Waals surface area contributed by atoms with Crippen molar-refractivity contribution in [3.63, 3.8) is 0 Å². The summed E-state index contributed by atoms with van der Waals surface area (Å²) in [6.45, 7) is 8.24. The van der Waals surface area contributed by atoms with Gasteiger partial charge in [0.2, 0.25) is 9.84 Å². The average molecular weight is 1860 g/mol. The molecule has 23 heteroatoms. The number of unbranched alkanes of at least 4 members (excludes halogenated alkanes) is 22. The van der Waals surface area contributed by atoms with Crippen LogP contribution in [0.15, 0.2) is 278 Å². The van der Waals surface area contributed by atoms with Gasteiger partial charge in [-0.1, -0.05) is 428 Å². The third-order valence-electron chi connectivity index (χ3n) is 25.7. The summed E-state index contributed by atoms with van der Waals surface area (Å²) in [7, 11) is -6.24. The smallest absolute Gasteiger partial charge is 0.308 e. The lowest BCUT2D eigenvalue weighted by atomic mass is 9.97. The van der Waals surface area contributed by atoms with Gasteiger partial charge in [-0.3, -0.25) is 9.59 Å². The maximum absolute atomic E-state index is 15.4. The molecule has 21 nitrogen and oxygen atoms in total. The first-order valence-electron chi connectivity index (χ1n) is 49.4. The Labute approximate surface area is 796 Å². The minimum Gasteiger partial charge on any atom is -0.463 e. The number of sulfone groups is 1. The summed E-state index contributed by atoms with van der Waals surface area (Å²) in [6.07, 6.45) is 13.5. The van der Waals surface area contributed by atoms with Gasteiger partial charge < -0.3 is 61.3 Å². The molecule has 10 aromatic rings. The fourth-order valence-corrected chi connectivity index (χ4v) is 24.4. The number of cyclic esters (lactones) is 2. The fourth-order valence-electron chi connectivity index (χ4n) is 18.5. The summed E-state index contributed by atoms with van der Waals surface area (Å²) in [5, 5.41) is 14.0. The number of nitrogens with zero attached hydrogens (tertiary/aromatic N) is 4. The Balaban J connectivity index is 0.715. The van der Waals surface area contributed by atoms with Gasteiger partial charge in [0.1, 0.15) is 62.0 Å². The highest BCUT2D eigenvalue weighted by atomic mass is 32.2. The number of ether oxygens (including phenoxy) is 12. The molecule has 3 aliphatic rings. The van der Waals surface area contributed by atoms with Gasteiger partial charge in [0, 0.05) is 6.61 Å². The molecule has 718 valence electrons. The number of benzene rings is 9. The van der Waals surface area contributed by atoms with Crippen molar-refractivity contribution in [3.05, 3.63) is 306 Å². The molecular weight excluding hydrogens is 1720 g/mol. The number of carbonyl (C=O) groups is 2. The number of rotatable bonds is 53. The Morgan fingerprint density at radius 3 is 0.955 bits per heavy atom. The highest BCUT2D eigenvalue weighted by Crippen LogP contribution is 2.40. The minimum absolute atomic E-state index is 0.0152. The van der Waals surface area contributed by atoms with Crippen molar-refractivity contribution in [2.75, 3.05) is 25.6 Å². The normalized spacial score (nSPS) is 21.1. The Hall–Kier alpha value is -9.28. The van der Waals surface area contributed by atoms with Crippen LogP contribution in [0, 0.1) is 0 Å². The van der Waals surface area contributed by atoms with Crippen LogP contribution in [-0.4, -0.2) is 148 Å². The summed E-state index contributed by atoms with van der Waals surface area (Å²) < 4.78 is 121. The molecule has 12 atom stereocenters. The van der Waals surface area contributed by atoms with E-state index in [0.29, 0.717) is 31.4 Å². The predicted molar refractivity (Wildman–Crippen MR) is 523 cm³/mol. The van der Waals surface area contributed by atoms with Gasteiger partial charge in [0.15, 0.2) is 12.6 Å². The topological polar surface area (TPSA) is 232 Å². The van der Waals surface area contributed by atoms with Crippen molar-refractivity contribution in [1.82, 2.24) is 20.2 Å². The average Bonchev–Trinajstić information content (AvgIpc) is 0.791. The molecule has 13 rings (SSSR count). The van der Waals surface area contributed by atoms with E-state index in [4.69, 9.17) is 61.3 Å². The summed E-state index contributed by atoms with van der Waals surface area (Å²) >= 11 is 0. The maximum atomic E-state index is 15.4. The van der Waals surface area contributed by atoms with Crippen LogP contribution in [0.3, 0.4) is 0 Å². The van der Waals surface area contributed by atoms with Crippen LogP contribution >= 0.6 is 0 Å². The molecule has 3 aliphatic heterocycles.